The summed E-state index contributed by atoms with van der Waals surface area (Å²) in [7, 11) is 1.70. The van der Waals surface area contributed by atoms with Crippen LogP contribution in [-0.4, -0.2) is 22.4 Å². The number of pyridine rings is 1. The van der Waals surface area contributed by atoms with Crippen LogP contribution in [0, 0.1) is 0 Å². The van der Waals surface area contributed by atoms with Crippen molar-refractivity contribution in [3.05, 3.63) is 68.0 Å². The van der Waals surface area contributed by atoms with E-state index < -0.39 is 0 Å². The van der Waals surface area contributed by atoms with E-state index in [0.29, 0.717) is 11.6 Å². The average Bonchev–Trinajstić information content (AvgIpc) is 2.43. The molecule has 110 valence electrons. The molecular formula is C15H14BrClN2O2. The lowest BCUT2D eigenvalue weighted by atomic mass is 10.2. The summed E-state index contributed by atoms with van der Waals surface area (Å²) in [6, 6.07) is 10.4. The Balaban J connectivity index is 2.06. The third kappa shape index (κ3) is 4.44. The van der Waals surface area contributed by atoms with Crippen molar-refractivity contribution in [2.24, 2.45) is 0 Å². The number of likely N-dealkylation sites (N-methyl/N-ethyl adjacent to an activating group) is 1. The summed E-state index contributed by atoms with van der Waals surface area (Å²) in [5.74, 6) is -0.143. The molecule has 1 aromatic carbocycles. The van der Waals surface area contributed by atoms with Crippen molar-refractivity contribution >= 4 is 33.4 Å². The fraction of sp³-hybridized carbons (Fsp3) is 0.200. The summed E-state index contributed by atoms with van der Waals surface area (Å²) in [4.78, 5) is 25.4. The van der Waals surface area contributed by atoms with Gasteiger partial charge in [-0.2, -0.15) is 0 Å². The van der Waals surface area contributed by atoms with Gasteiger partial charge in [-0.3, -0.25) is 9.59 Å². The molecule has 0 saturated heterocycles. The smallest absolute Gasteiger partial charge is 0.251 e. The molecule has 0 bridgehead atoms. The van der Waals surface area contributed by atoms with E-state index in [4.69, 9.17) is 11.6 Å². The number of amides is 1. The van der Waals surface area contributed by atoms with Crippen LogP contribution in [0.2, 0.25) is 5.02 Å². The molecule has 1 amide bonds. The van der Waals surface area contributed by atoms with E-state index in [9.17, 15) is 9.59 Å². The molecule has 0 aliphatic rings. The van der Waals surface area contributed by atoms with Gasteiger partial charge in [0.1, 0.15) is 6.54 Å². The lowest BCUT2D eigenvalue weighted by Crippen LogP contribution is -2.33. The Morgan fingerprint density at radius 2 is 2.10 bits per heavy atom. The Kier molecular flexibility index (Phi) is 5.20. The third-order valence-electron chi connectivity index (χ3n) is 2.99. The topological polar surface area (TPSA) is 42.3 Å². The zero-order valence-electron chi connectivity index (χ0n) is 11.4. The molecule has 0 radical (unpaired) electrons. The van der Waals surface area contributed by atoms with Crippen LogP contribution in [0.4, 0.5) is 0 Å². The van der Waals surface area contributed by atoms with Gasteiger partial charge in [-0.05, 0) is 39.7 Å². The molecule has 0 spiro atoms. The number of nitrogens with zero attached hydrogens (tertiary/aromatic N) is 2. The van der Waals surface area contributed by atoms with E-state index in [1.54, 1.807) is 30.3 Å². The van der Waals surface area contributed by atoms with Gasteiger partial charge in [0.2, 0.25) is 5.91 Å². The Hall–Kier alpha value is -1.59. The molecule has 0 fully saturated rings. The zero-order chi connectivity index (χ0) is 15.4. The van der Waals surface area contributed by atoms with Crippen molar-refractivity contribution < 1.29 is 4.79 Å². The van der Waals surface area contributed by atoms with Gasteiger partial charge in [0, 0.05) is 35.4 Å². The standard InChI is InChI=1S/C15H14BrClN2O2/c1-18(8-11-3-2-4-13(17)7-11)15(21)10-19-9-12(16)5-6-14(19)20/h2-7,9H,8,10H2,1H3. The molecule has 0 saturated carbocycles. The van der Waals surface area contributed by atoms with E-state index in [1.165, 1.54) is 10.6 Å². The molecule has 1 heterocycles. The highest BCUT2D eigenvalue weighted by atomic mass is 79.9. The predicted molar refractivity (Wildman–Crippen MR) is 86.3 cm³/mol. The summed E-state index contributed by atoms with van der Waals surface area (Å²) in [6.45, 7) is 0.456. The number of benzene rings is 1. The number of rotatable bonds is 4. The van der Waals surface area contributed by atoms with Crippen LogP contribution >= 0.6 is 27.5 Å². The number of hydrogen-bond donors (Lipinski definition) is 0. The van der Waals surface area contributed by atoms with Crippen molar-refractivity contribution in [1.82, 2.24) is 9.47 Å². The minimum Gasteiger partial charge on any atom is -0.340 e. The highest BCUT2D eigenvalue weighted by molar-refractivity contribution is 9.10. The van der Waals surface area contributed by atoms with Crippen molar-refractivity contribution in [2.75, 3.05) is 7.05 Å². The normalized spacial score (nSPS) is 10.4. The number of hydrogen-bond acceptors (Lipinski definition) is 2. The van der Waals surface area contributed by atoms with Crippen LogP contribution < -0.4 is 5.56 Å². The summed E-state index contributed by atoms with van der Waals surface area (Å²) >= 11 is 9.21. The molecule has 4 nitrogen and oxygen atoms in total. The largest absolute Gasteiger partial charge is 0.340 e. The van der Waals surface area contributed by atoms with E-state index in [1.807, 2.05) is 18.2 Å². The minimum atomic E-state index is -0.206. The molecule has 0 aliphatic carbocycles. The highest BCUT2D eigenvalue weighted by Gasteiger charge is 2.11. The lowest BCUT2D eigenvalue weighted by Gasteiger charge is -2.18. The lowest BCUT2D eigenvalue weighted by molar-refractivity contribution is -0.131. The second kappa shape index (κ2) is 6.91. The minimum absolute atomic E-state index is 0.00926. The highest BCUT2D eigenvalue weighted by Crippen LogP contribution is 2.12. The first-order chi connectivity index (χ1) is 9.95. The Morgan fingerprint density at radius 1 is 1.33 bits per heavy atom. The predicted octanol–water partition coefficient (Wildman–Crippen LogP) is 2.92. The second-order valence-electron chi connectivity index (χ2n) is 4.69. The van der Waals surface area contributed by atoms with Gasteiger partial charge in [-0.1, -0.05) is 23.7 Å². The molecule has 6 heteroatoms. The van der Waals surface area contributed by atoms with Gasteiger partial charge >= 0.3 is 0 Å². The van der Waals surface area contributed by atoms with Crippen molar-refractivity contribution in [1.29, 1.82) is 0 Å². The second-order valence-corrected chi connectivity index (χ2v) is 6.05. The number of carbonyl (C=O) groups excluding carboxylic acids is 1. The molecule has 1 aromatic heterocycles. The summed E-state index contributed by atoms with van der Waals surface area (Å²) in [5.41, 5.74) is 0.739. The number of halogens is 2. The summed E-state index contributed by atoms with van der Waals surface area (Å²) in [5, 5.41) is 0.636. The molecule has 21 heavy (non-hydrogen) atoms. The zero-order valence-corrected chi connectivity index (χ0v) is 13.8. The maximum absolute atomic E-state index is 12.2. The monoisotopic (exact) mass is 368 g/mol. The van der Waals surface area contributed by atoms with Crippen LogP contribution in [0.3, 0.4) is 0 Å². The van der Waals surface area contributed by atoms with Crippen LogP contribution in [0.25, 0.3) is 0 Å². The SMILES string of the molecule is CN(Cc1cccc(Cl)c1)C(=O)Cn1cc(Br)ccc1=O. The Morgan fingerprint density at radius 3 is 2.81 bits per heavy atom. The van der Waals surface area contributed by atoms with E-state index in [2.05, 4.69) is 15.9 Å². The fourth-order valence-electron chi connectivity index (χ4n) is 1.89. The molecule has 2 aromatic rings. The van der Waals surface area contributed by atoms with Crippen molar-refractivity contribution in [3.63, 3.8) is 0 Å². The van der Waals surface area contributed by atoms with Gasteiger partial charge in [0.15, 0.2) is 0 Å². The van der Waals surface area contributed by atoms with Crippen LogP contribution in [0.15, 0.2) is 51.9 Å². The first-order valence-electron chi connectivity index (χ1n) is 6.30. The van der Waals surface area contributed by atoms with Crippen LogP contribution in [0.5, 0.6) is 0 Å². The summed E-state index contributed by atoms with van der Waals surface area (Å²) < 4.78 is 2.13. The van der Waals surface area contributed by atoms with Crippen molar-refractivity contribution in [2.45, 2.75) is 13.1 Å². The number of aromatic nitrogens is 1. The first-order valence-corrected chi connectivity index (χ1v) is 7.47. The quantitative estimate of drug-likeness (QED) is 0.831. The van der Waals surface area contributed by atoms with Gasteiger partial charge in [0.05, 0.1) is 0 Å². The molecule has 0 aliphatic heterocycles. The van der Waals surface area contributed by atoms with Crippen molar-refractivity contribution in [3.8, 4) is 0 Å². The molecule has 0 N–H and O–H groups in total. The van der Waals surface area contributed by atoms with Gasteiger partial charge in [-0.25, -0.2) is 0 Å². The van der Waals surface area contributed by atoms with E-state index >= 15 is 0 Å². The average molecular weight is 370 g/mol. The first kappa shape index (κ1) is 15.8. The fourth-order valence-corrected chi connectivity index (χ4v) is 2.48. The van der Waals surface area contributed by atoms with Crippen LogP contribution in [0.1, 0.15) is 5.56 Å². The van der Waals surface area contributed by atoms with Gasteiger partial charge in [-0.15, -0.1) is 0 Å². The maximum Gasteiger partial charge on any atom is 0.251 e. The maximum atomic E-state index is 12.2. The number of carbonyl (C=O) groups is 1. The van der Waals surface area contributed by atoms with Gasteiger partial charge in [0.25, 0.3) is 5.56 Å². The molecule has 0 unspecified atom stereocenters. The van der Waals surface area contributed by atoms with E-state index in [0.717, 1.165) is 10.0 Å². The summed E-state index contributed by atoms with van der Waals surface area (Å²) in [6.07, 6.45) is 1.60. The molecule has 0 atom stereocenters. The molecular weight excluding hydrogens is 356 g/mol. The van der Waals surface area contributed by atoms with E-state index in [-0.39, 0.29) is 18.0 Å². The van der Waals surface area contributed by atoms with Gasteiger partial charge < -0.3 is 9.47 Å². The molecule has 2 rings (SSSR count). The third-order valence-corrected chi connectivity index (χ3v) is 3.69. The Labute approximate surface area is 136 Å². The van der Waals surface area contributed by atoms with Crippen LogP contribution in [-0.2, 0) is 17.9 Å². The Bertz CT molecular complexity index is 715.